The van der Waals surface area contributed by atoms with Crippen LogP contribution < -0.4 is 19.1 Å². The number of carbonyl (C=O) groups is 1. The minimum absolute atomic E-state index is 0.122. The van der Waals surface area contributed by atoms with Crippen molar-refractivity contribution in [1.82, 2.24) is 5.32 Å². The summed E-state index contributed by atoms with van der Waals surface area (Å²) in [5.74, 6) is 1.06. The van der Waals surface area contributed by atoms with Crippen molar-refractivity contribution in [2.24, 2.45) is 0 Å². The van der Waals surface area contributed by atoms with E-state index < -0.39 is 10.0 Å². The Labute approximate surface area is 160 Å². The molecule has 0 saturated heterocycles. The Morgan fingerprint density at radius 1 is 1.07 bits per heavy atom. The predicted molar refractivity (Wildman–Crippen MR) is 105 cm³/mol. The Bertz CT molecular complexity index is 840. The van der Waals surface area contributed by atoms with Gasteiger partial charge in [0.15, 0.2) is 0 Å². The summed E-state index contributed by atoms with van der Waals surface area (Å²) in [7, 11) is -1.98. The molecule has 2 aromatic carbocycles. The molecule has 0 heterocycles. The van der Waals surface area contributed by atoms with E-state index in [1.807, 2.05) is 30.3 Å². The van der Waals surface area contributed by atoms with Gasteiger partial charge in [-0.05, 0) is 24.3 Å². The molecule has 0 aliphatic carbocycles. The SMILES string of the molecule is COc1cccc(N(CCNC(=O)CCOc2ccccc2)S(C)(=O)=O)c1. The first-order valence-electron chi connectivity index (χ1n) is 8.46. The number of amides is 1. The van der Waals surface area contributed by atoms with Crippen LogP contribution in [0.15, 0.2) is 54.6 Å². The first kappa shape index (κ1) is 20.6. The molecule has 0 unspecified atom stereocenters. The Morgan fingerprint density at radius 2 is 1.78 bits per heavy atom. The van der Waals surface area contributed by atoms with Gasteiger partial charge in [0.1, 0.15) is 11.5 Å². The number of carbonyl (C=O) groups excluding carboxylic acids is 1. The number of para-hydroxylation sites is 1. The lowest BCUT2D eigenvalue weighted by atomic mass is 10.3. The van der Waals surface area contributed by atoms with Crippen LogP contribution in [0.5, 0.6) is 11.5 Å². The number of benzene rings is 2. The maximum Gasteiger partial charge on any atom is 0.232 e. The van der Waals surface area contributed by atoms with Gasteiger partial charge in [0.25, 0.3) is 0 Å². The summed E-state index contributed by atoms with van der Waals surface area (Å²) >= 11 is 0. The third kappa shape index (κ3) is 6.82. The van der Waals surface area contributed by atoms with E-state index in [0.717, 1.165) is 6.26 Å². The van der Waals surface area contributed by atoms with E-state index in [4.69, 9.17) is 9.47 Å². The summed E-state index contributed by atoms with van der Waals surface area (Å²) in [5, 5.41) is 2.71. The average molecular weight is 392 g/mol. The van der Waals surface area contributed by atoms with E-state index in [1.54, 1.807) is 24.3 Å². The lowest BCUT2D eigenvalue weighted by Crippen LogP contribution is -2.38. The maximum absolute atomic E-state index is 12.1. The highest BCUT2D eigenvalue weighted by molar-refractivity contribution is 7.92. The first-order valence-corrected chi connectivity index (χ1v) is 10.3. The van der Waals surface area contributed by atoms with E-state index >= 15 is 0 Å². The van der Waals surface area contributed by atoms with Crippen molar-refractivity contribution in [3.8, 4) is 11.5 Å². The van der Waals surface area contributed by atoms with E-state index in [2.05, 4.69) is 5.32 Å². The zero-order valence-electron chi connectivity index (χ0n) is 15.4. The first-order chi connectivity index (χ1) is 12.9. The zero-order valence-corrected chi connectivity index (χ0v) is 16.2. The Balaban J connectivity index is 1.83. The van der Waals surface area contributed by atoms with E-state index in [-0.39, 0.29) is 32.0 Å². The number of rotatable bonds is 10. The second kappa shape index (κ2) is 9.82. The van der Waals surface area contributed by atoms with Gasteiger partial charge in [-0.1, -0.05) is 24.3 Å². The van der Waals surface area contributed by atoms with Crippen molar-refractivity contribution in [1.29, 1.82) is 0 Å². The maximum atomic E-state index is 12.1. The van der Waals surface area contributed by atoms with Gasteiger partial charge in [-0.15, -0.1) is 0 Å². The molecule has 0 fully saturated rings. The van der Waals surface area contributed by atoms with Gasteiger partial charge >= 0.3 is 0 Å². The van der Waals surface area contributed by atoms with Crippen molar-refractivity contribution in [3.05, 3.63) is 54.6 Å². The second-order valence-corrected chi connectivity index (χ2v) is 7.70. The molecule has 0 aliphatic rings. The standard InChI is InChI=1S/C19H24N2O5S/c1-25-18-10-6-7-16(15-18)21(27(2,23)24)13-12-20-19(22)11-14-26-17-8-4-3-5-9-17/h3-10,15H,11-14H2,1-2H3,(H,20,22). The van der Waals surface area contributed by atoms with Crippen LogP contribution in [-0.2, 0) is 14.8 Å². The number of methoxy groups -OCH3 is 1. The zero-order chi connectivity index (χ0) is 19.7. The highest BCUT2D eigenvalue weighted by Gasteiger charge is 2.18. The van der Waals surface area contributed by atoms with Crippen LogP contribution in [0.1, 0.15) is 6.42 Å². The van der Waals surface area contributed by atoms with Crippen molar-refractivity contribution >= 4 is 21.6 Å². The summed E-state index contributed by atoms with van der Waals surface area (Å²) in [6, 6.07) is 16.0. The largest absolute Gasteiger partial charge is 0.497 e. The smallest absolute Gasteiger partial charge is 0.232 e. The third-order valence-electron chi connectivity index (χ3n) is 3.72. The number of hydrogen-bond donors (Lipinski definition) is 1. The van der Waals surface area contributed by atoms with Crippen molar-refractivity contribution in [3.63, 3.8) is 0 Å². The molecule has 0 bridgehead atoms. The second-order valence-electron chi connectivity index (χ2n) is 5.80. The molecule has 0 spiro atoms. The van der Waals surface area contributed by atoms with Crippen molar-refractivity contribution in [2.45, 2.75) is 6.42 Å². The van der Waals surface area contributed by atoms with E-state index in [9.17, 15) is 13.2 Å². The number of sulfonamides is 1. The number of anilines is 1. The molecule has 2 aromatic rings. The molecular weight excluding hydrogens is 368 g/mol. The van der Waals surface area contributed by atoms with Gasteiger partial charge < -0.3 is 14.8 Å². The lowest BCUT2D eigenvalue weighted by Gasteiger charge is -2.23. The average Bonchev–Trinajstić information content (AvgIpc) is 2.65. The van der Waals surface area contributed by atoms with Gasteiger partial charge in [-0.25, -0.2) is 8.42 Å². The van der Waals surface area contributed by atoms with Gasteiger partial charge in [0.2, 0.25) is 15.9 Å². The number of nitrogens with one attached hydrogen (secondary N) is 1. The molecule has 0 atom stereocenters. The molecule has 0 aromatic heterocycles. The molecule has 1 amide bonds. The van der Waals surface area contributed by atoms with Gasteiger partial charge in [0, 0.05) is 12.6 Å². The van der Waals surface area contributed by atoms with Crippen LogP contribution in [0.4, 0.5) is 5.69 Å². The monoisotopic (exact) mass is 392 g/mol. The van der Waals surface area contributed by atoms with Crippen LogP contribution in [0.25, 0.3) is 0 Å². The molecule has 7 nitrogen and oxygen atoms in total. The van der Waals surface area contributed by atoms with Crippen molar-refractivity contribution < 1.29 is 22.7 Å². The third-order valence-corrected chi connectivity index (χ3v) is 4.91. The quantitative estimate of drug-likeness (QED) is 0.669. The van der Waals surface area contributed by atoms with E-state index in [1.165, 1.54) is 11.4 Å². The summed E-state index contributed by atoms with van der Waals surface area (Å²) < 4.78 is 36.0. The number of hydrogen-bond acceptors (Lipinski definition) is 5. The van der Waals surface area contributed by atoms with Gasteiger partial charge in [-0.3, -0.25) is 9.10 Å². The minimum atomic E-state index is -3.49. The topological polar surface area (TPSA) is 84.9 Å². The fourth-order valence-corrected chi connectivity index (χ4v) is 3.34. The Morgan fingerprint density at radius 3 is 2.44 bits per heavy atom. The molecule has 1 N–H and O–H groups in total. The highest BCUT2D eigenvalue weighted by Crippen LogP contribution is 2.22. The molecule has 8 heteroatoms. The highest BCUT2D eigenvalue weighted by atomic mass is 32.2. The minimum Gasteiger partial charge on any atom is -0.497 e. The lowest BCUT2D eigenvalue weighted by molar-refractivity contribution is -0.121. The van der Waals surface area contributed by atoms with Crippen LogP contribution >= 0.6 is 0 Å². The van der Waals surface area contributed by atoms with Crippen LogP contribution in [-0.4, -0.2) is 47.4 Å². The van der Waals surface area contributed by atoms with Crippen LogP contribution in [0, 0.1) is 0 Å². The molecule has 0 radical (unpaired) electrons. The number of nitrogens with zero attached hydrogens (tertiary/aromatic N) is 1. The summed E-state index contributed by atoms with van der Waals surface area (Å²) in [6.07, 6.45) is 1.31. The fraction of sp³-hybridized carbons (Fsp3) is 0.316. The van der Waals surface area contributed by atoms with Crippen LogP contribution in [0.2, 0.25) is 0 Å². The normalized spacial score (nSPS) is 10.9. The van der Waals surface area contributed by atoms with Crippen molar-refractivity contribution in [2.75, 3.05) is 37.4 Å². The fourth-order valence-electron chi connectivity index (χ4n) is 2.42. The molecule has 2 rings (SSSR count). The molecule has 27 heavy (non-hydrogen) atoms. The molecule has 0 aliphatic heterocycles. The number of ether oxygens (including phenoxy) is 2. The van der Waals surface area contributed by atoms with Gasteiger partial charge in [-0.2, -0.15) is 0 Å². The van der Waals surface area contributed by atoms with Crippen LogP contribution in [0.3, 0.4) is 0 Å². The summed E-state index contributed by atoms with van der Waals surface area (Å²) in [5.41, 5.74) is 0.485. The molecular formula is C19H24N2O5S. The molecule has 146 valence electrons. The summed E-state index contributed by atoms with van der Waals surface area (Å²) in [4.78, 5) is 11.9. The Hall–Kier alpha value is -2.74. The Kier molecular flexibility index (Phi) is 7.48. The molecule has 0 saturated carbocycles. The van der Waals surface area contributed by atoms with E-state index in [0.29, 0.717) is 17.2 Å². The summed E-state index contributed by atoms with van der Waals surface area (Å²) in [6.45, 7) is 0.563. The predicted octanol–water partition coefficient (Wildman–Crippen LogP) is 2.05. The van der Waals surface area contributed by atoms with Gasteiger partial charge in [0.05, 0.1) is 38.6 Å².